The molecule has 3 N–H and O–H groups in total. The summed E-state index contributed by atoms with van der Waals surface area (Å²) >= 11 is 0. The van der Waals surface area contributed by atoms with E-state index >= 15 is 0 Å². The molecule has 0 bridgehead atoms. The number of esters is 1. The molecule has 0 aliphatic carbocycles. The normalized spacial score (nSPS) is 12.4. The molecule has 0 spiro atoms. The van der Waals surface area contributed by atoms with E-state index in [0.717, 1.165) is 5.56 Å². The van der Waals surface area contributed by atoms with Crippen molar-refractivity contribution < 1.29 is 23.8 Å². The van der Waals surface area contributed by atoms with Crippen LogP contribution in [0.1, 0.15) is 5.56 Å². The van der Waals surface area contributed by atoms with Crippen LogP contribution in [-0.4, -0.2) is 50.9 Å². The summed E-state index contributed by atoms with van der Waals surface area (Å²) in [5, 5.41) is 2.52. The van der Waals surface area contributed by atoms with Gasteiger partial charge in [-0.15, -0.1) is 19.0 Å². The van der Waals surface area contributed by atoms with E-state index in [2.05, 4.69) is 11.9 Å². The predicted molar refractivity (Wildman–Crippen MR) is 96.3 cm³/mol. The number of hydrogen-bond acceptors (Lipinski definition) is 6. The van der Waals surface area contributed by atoms with E-state index in [1.54, 1.807) is 6.08 Å². The zero-order valence-corrected chi connectivity index (χ0v) is 15.0. The van der Waals surface area contributed by atoms with Crippen LogP contribution in [0.5, 0.6) is 0 Å². The monoisotopic (exact) mass is 372 g/mol. The second kappa shape index (κ2) is 13.4. The number of halogens is 1. The average molecular weight is 373 g/mol. The standard InChI is InChI=1S/C17H24N2O5.ClH/c1-3-9-23-12-15(19-16(20)14(18)11-22-2)17(21)24-10-13-7-5-4-6-8-13;/h3-8,14-15H,1,9-12,18H2,2H3,(H,19,20);1H/t14-,15-;/m0./s1. The Kier molecular flexibility index (Phi) is 12.3. The number of nitrogens with one attached hydrogen (secondary N) is 1. The highest BCUT2D eigenvalue weighted by molar-refractivity contribution is 5.87. The van der Waals surface area contributed by atoms with E-state index in [9.17, 15) is 9.59 Å². The first-order chi connectivity index (χ1) is 11.6. The van der Waals surface area contributed by atoms with Gasteiger partial charge in [-0.25, -0.2) is 4.79 Å². The molecule has 0 fully saturated rings. The van der Waals surface area contributed by atoms with Gasteiger partial charge in [0.05, 0.1) is 19.8 Å². The van der Waals surface area contributed by atoms with Crippen molar-refractivity contribution in [3.8, 4) is 0 Å². The molecular weight excluding hydrogens is 348 g/mol. The molecule has 140 valence electrons. The maximum Gasteiger partial charge on any atom is 0.331 e. The van der Waals surface area contributed by atoms with Gasteiger partial charge in [-0.05, 0) is 5.56 Å². The molecule has 0 aliphatic heterocycles. The van der Waals surface area contributed by atoms with Crippen LogP contribution < -0.4 is 11.1 Å². The maximum atomic E-state index is 12.2. The molecular formula is C17H25ClN2O5. The molecule has 0 unspecified atom stereocenters. The molecule has 1 aromatic rings. The fourth-order valence-electron chi connectivity index (χ4n) is 1.80. The van der Waals surface area contributed by atoms with Crippen LogP contribution in [0.3, 0.4) is 0 Å². The van der Waals surface area contributed by atoms with Crippen molar-refractivity contribution in [2.45, 2.75) is 18.7 Å². The lowest BCUT2D eigenvalue weighted by Gasteiger charge is -2.19. The fraction of sp³-hybridized carbons (Fsp3) is 0.412. The summed E-state index contributed by atoms with van der Waals surface area (Å²) in [5.74, 6) is -1.11. The molecule has 25 heavy (non-hydrogen) atoms. The van der Waals surface area contributed by atoms with Gasteiger partial charge < -0.3 is 25.3 Å². The van der Waals surface area contributed by atoms with Crippen molar-refractivity contribution in [1.29, 1.82) is 0 Å². The van der Waals surface area contributed by atoms with Gasteiger partial charge in [0.1, 0.15) is 12.6 Å². The first-order valence-corrected chi connectivity index (χ1v) is 7.52. The highest BCUT2D eigenvalue weighted by Crippen LogP contribution is 2.03. The Morgan fingerprint density at radius 1 is 1.28 bits per heavy atom. The summed E-state index contributed by atoms with van der Waals surface area (Å²) in [4.78, 5) is 24.2. The topological polar surface area (TPSA) is 99.9 Å². The number of ether oxygens (including phenoxy) is 3. The molecule has 0 aliphatic rings. The summed E-state index contributed by atoms with van der Waals surface area (Å²) in [6, 6.07) is 7.41. The fourth-order valence-corrected chi connectivity index (χ4v) is 1.80. The molecule has 0 saturated heterocycles. The molecule has 0 saturated carbocycles. The quantitative estimate of drug-likeness (QED) is 0.339. The summed E-state index contributed by atoms with van der Waals surface area (Å²) < 4.78 is 15.3. The Morgan fingerprint density at radius 3 is 2.56 bits per heavy atom. The van der Waals surface area contributed by atoms with Gasteiger partial charge in [0.15, 0.2) is 6.04 Å². The molecule has 0 heterocycles. The third-order valence-electron chi connectivity index (χ3n) is 3.03. The van der Waals surface area contributed by atoms with Crippen molar-refractivity contribution in [1.82, 2.24) is 5.32 Å². The number of methoxy groups -OCH3 is 1. The van der Waals surface area contributed by atoms with Gasteiger partial charge in [-0.3, -0.25) is 4.79 Å². The first-order valence-electron chi connectivity index (χ1n) is 7.52. The second-order valence-corrected chi connectivity index (χ2v) is 5.04. The molecule has 1 rings (SSSR count). The van der Waals surface area contributed by atoms with E-state index < -0.39 is 24.0 Å². The zero-order chi connectivity index (χ0) is 17.8. The number of carbonyl (C=O) groups excluding carboxylic acids is 2. The van der Waals surface area contributed by atoms with Crippen LogP contribution in [0.15, 0.2) is 43.0 Å². The number of benzene rings is 1. The smallest absolute Gasteiger partial charge is 0.331 e. The SMILES string of the molecule is C=CCOC[C@H](NC(=O)[C@@H](N)COC)C(=O)OCc1ccccc1.Cl. The number of nitrogens with two attached hydrogens (primary N) is 1. The Labute approximate surface area is 153 Å². The first kappa shape index (κ1) is 23.1. The van der Waals surface area contributed by atoms with Crippen molar-refractivity contribution in [2.75, 3.05) is 26.9 Å². The van der Waals surface area contributed by atoms with Gasteiger partial charge in [-0.2, -0.15) is 0 Å². The van der Waals surface area contributed by atoms with Crippen LogP contribution in [0, 0.1) is 0 Å². The van der Waals surface area contributed by atoms with Gasteiger partial charge in [0, 0.05) is 7.11 Å². The highest BCUT2D eigenvalue weighted by Gasteiger charge is 2.25. The van der Waals surface area contributed by atoms with Crippen LogP contribution in [0.2, 0.25) is 0 Å². The zero-order valence-electron chi connectivity index (χ0n) is 14.2. The Hall–Kier alpha value is -1.93. The minimum absolute atomic E-state index is 0. The van der Waals surface area contributed by atoms with E-state index in [0.29, 0.717) is 0 Å². The van der Waals surface area contributed by atoms with E-state index in [4.69, 9.17) is 19.9 Å². The number of amides is 1. The Balaban J connectivity index is 0.00000576. The summed E-state index contributed by atoms with van der Waals surface area (Å²) in [5.41, 5.74) is 6.50. The second-order valence-electron chi connectivity index (χ2n) is 5.04. The lowest BCUT2D eigenvalue weighted by atomic mass is 10.2. The molecule has 0 radical (unpaired) electrons. The lowest BCUT2D eigenvalue weighted by Crippen LogP contribution is -2.52. The van der Waals surface area contributed by atoms with E-state index in [-0.39, 0.29) is 38.8 Å². The number of hydrogen-bond donors (Lipinski definition) is 2. The minimum Gasteiger partial charge on any atom is -0.459 e. The summed E-state index contributed by atoms with van der Waals surface area (Å²) in [6.07, 6.45) is 1.55. The van der Waals surface area contributed by atoms with Crippen molar-refractivity contribution in [3.63, 3.8) is 0 Å². The molecule has 7 nitrogen and oxygen atoms in total. The summed E-state index contributed by atoms with van der Waals surface area (Å²) in [7, 11) is 1.44. The molecule has 8 heteroatoms. The van der Waals surface area contributed by atoms with Crippen LogP contribution in [0.25, 0.3) is 0 Å². The van der Waals surface area contributed by atoms with E-state index in [1.807, 2.05) is 30.3 Å². The van der Waals surface area contributed by atoms with Crippen molar-refractivity contribution >= 4 is 24.3 Å². The largest absolute Gasteiger partial charge is 0.459 e. The predicted octanol–water partition coefficient (Wildman–Crippen LogP) is 0.813. The third kappa shape index (κ3) is 9.21. The molecule has 0 aromatic heterocycles. The van der Waals surface area contributed by atoms with Gasteiger partial charge in [-0.1, -0.05) is 36.4 Å². The molecule has 1 amide bonds. The minimum atomic E-state index is -0.955. The van der Waals surface area contributed by atoms with Gasteiger partial charge in [0.25, 0.3) is 0 Å². The van der Waals surface area contributed by atoms with Gasteiger partial charge >= 0.3 is 5.97 Å². The van der Waals surface area contributed by atoms with Crippen LogP contribution >= 0.6 is 12.4 Å². The van der Waals surface area contributed by atoms with Crippen molar-refractivity contribution in [2.24, 2.45) is 5.73 Å². The molecule has 2 atom stereocenters. The van der Waals surface area contributed by atoms with Crippen LogP contribution in [-0.2, 0) is 30.4 Å². The molecule has 1 aromatic carbocycles. The Bertz CT molecular complexity index is 527. The Morgan fingerprint density at radius 2 is 1.96 bits per heavy atom. The van der Waals surface area contributed by atoms with E-state index in [1.165, 1.54) is 7.11 Å². The third-order valence-corrected chi connectivity index (χ3v) is 3.03. The van der Waals surface area contributed by atoms with Crippen LogP contribution in [0.4, 0.5) is 0 Å². The maximum absolute atomic E-state index is 12.2. The highest BCUT2D eigenvalue weighted by atomic mass is 35.5. The number of carbonyl (C=O) groups is 2. The average Bonchev–Trinajstić information content (AvgIpc) is 2.60. The number of rotatable bonds is 11. The van der Waals surface area contributed by atoms with Crippen molar-refractivity contribution in [3.05, 3.63) is 48.6 Å². The lowest BCUT2D eigenvalue weighted by molar-refractivity contribution is -0.151. The summed E-state index contributed by atoms with van der Waals surface area (Å²) in [6.45, 7) is 3.90. The van der Waals surface area contributed by atoms with Gasteiger partial charge in [0.2, 0.25) is 5.91 Å².